The summed E-state index contributed by atoms with van der Waals surface area (Å²) in [5.74, 6) is 1.46. The summed E-state index contributed by atoms with van der Waals surface area (Å²) in [6.07, 6.45) is 1.25. The first kappa shape index (κ1) is 13.1. The van der Waals surface area contributed by atoms with E-state index >= 15 is 0 Å². The quantitative estimate of drug-likeness (QED) is 0.724. The molecule has 1 aromatic carbocycles. The molecule has 1 heteroatoms. The van der Waals surface area contributed by atoms with Crippen molar-refractivity contribution in [2.45, 2.75) is 53.0 Å². The molecule has 2 rings (SSSR count). The molecule has 3 atom stereocenters. The maximum atomic E-state index is 3.59. The Morgan fingerprint density at radius 1 is 1.12 bits per heavy atom. The van der Waals surface area contributed by atoms with Crippen molar-refractivity contribution in [3.8, 4) is 0 Å². The van der Waals surface area contributed by atoms with Crippen LogP contribution in [0.25, 0.3) is 0 Å². The average Bonchev–Trinajstić information content (AvgIpc) is 2.32. The van der Waals surface area contributed by atoms with Crippen molar-refractivity contribution in [1.82, 2.24) is 0 Å². The highest BCUT2D eigenvalue weighted by Gasteiger charge is 2.29. The van der Waals surface area contributed by atoms with E-state index in [1.54, 1.807) is 0 Å². The van der Waals surface area contributed by atoms with Gasteiger partial charge in [-0.3, -0.25) is 0 Å². The number of rotatable bonds is 1. The lowest BCUT2D eigenvalue weighted by Crippen LogP contribution is -2.34. The van der Waals surface area contributed by atoms with Gasteiger partial charge < -0.3 is 5.32 Å². The summed E-state index contributed by atoms with van der Waals surface area (Å²) in [7, 11) is 0. The summed E-state index contributed by atoms with van der Waals surface area (Å²) in [6, 6.07) is 9.29. The fraction of sp³-hybridized carbons (Fsp3) is 0.600. The van der Waals surface area contributed by atoms with Gasteiger partial charge in [-0.2, -0.15) is 0 Å². The van der Waals surface area contributed by atoms with Crippen LogP contribution in [0.1, 0.15) is 52.5 Å². The van der Waals surface area contributed by atoms with E-state index in [4.69, 9.17) is 0 Å². The summed E-state index contributed by atoms with van der Waals surface area (Å²) in [5, 5.41) is 3.59. The Kier molecular flexibility index (Phi) is 4.85. The third kappa shape index (κ3) is 2.40. The van der Waals surface area contributed by atoms with E-state index in [0.29, 0.717) is 12.0 Å². The fourth-order valence-corrected chi connectivity index (χ4v) is 2.75. The van der Waals surface area contributed by atoms with Crippen LogP contribution in [0.2, 0.25) is 0 Å². The molecule has 1 nitrogen and oxygen atoms in total. The summed E-state index contributed by atoms with van der Waals surface area (Å²) in [6.45, 7) is 10.9. The van der Waals surface area contributed by atoms with Crippen molar-refractivity contribution in [3.05, 3.63) is 29.8 Å². The topological polar surface area (TPSA) is 12.0 Å². The standard InChI is InChI=1S/C13H19N.C2H6/c1-4-11-9(2)12-7-5-6-8-13(12)14-10(11)3;1-2/h5-11,14H,4H2,1-3H3;1-2H3. The van der Waals surface area contributed by atoms with E-state index in [1.165, 1.54) is 17.7 Å². The molecule has 1 aromatic rings. The van der Waals surface area contributed by atoms with Gasteiger partial charge in [-0.1, -0.05) is 52.3 Å². The minimum absolute atomic E-state index is 0.602. The van der Waals surface area contributed by atoms with E-state index < -0.39 is 0 Å². The molecule has 0 spiro atoms. The first-order valence-corrected chi connectivity index (χ1v) is 6.59. The van der Waals surface area contributed by atoms with Gasteiger partial charge in [0.15, 0.2) is 0 Å². The van der Waals surface area contributed by atoms with Crippen LogP contribution in [0.4, 0.5) is 5.69 Å². The van der Waals surface area contributed by atoms with E-state index in [-0.39, 0.29) is 0 Å². The molecule has 0 bridgehead atoms. The lowest BCUT2D eigenvalue weighted by Gasteiger charge is -2.37. The number of hydrogen-bond acceptors (Lipinski definition) is 1. The van der Waals surface area contributed by atoms with Gasteiger partial charge in [-0.25, -0.2) is 0 Å². The minimum Gasteiger partial charge on any atom is -0.382 e. The molecule has 0 saturated heterocycles. The highest BCUT2D eigenvalue weighted by atomic mass is 14.9. The van der Waals surface area contributed by atoms with Gasteiger partial charge in [-0.05, 0) is 30.4 Å². The molecule has 1 heterocycles. The molecule has 0 amide bonds. The van der Waals surface area contributed by atoms with Crippen molar-refractivity contribution in [2.75, 3.05) is 5.32 Å². The number of hydrogen-bond donors (Lipinski definition) is 1. The molecule has 1 aliphatic rings. The van der Waals surface area contributed by atoms with Crippen molar-refractivity contribution in [1.29, 1.82) is 0 Å². The largest absolute Gasteiger partial charge is 0.382 e. The van der Waals surface area contributed by atoms with Crippen LogP contribution in [-0.2, 0) is 0 Å². The second kappa shape index (κ2) is 5.93. The Balaban J connectivity index is 0.000000606. The van der Waals surface area contributed by atoms with Gasteiger partial charge in [0, 0.05) is 11.7 Å². The summed E-state index contributed by atoms with van der Waals surface area (Å²) >= 11 is 0. The van der Waals surface area contributed by atoms with Crippen LogP contribution in [0, 0.1) is 5.92 Å². The predicted octanol–water partition coefficient (Wildman–Crippen LogP) is 4.66. The monoisotopic (exact) mass is 219 g/mol. The van der Waals surface area contributed by atoms with Gasteiger partial charge in [0.1, 0.15) is 0 Å². The number of benzene rings is 1. The fourth-order valence-electron chi connectivity index (χ4n) is 2.75. The van der Waals surface area contributed by atoms with Crippen molar-refractivity contribution >= 4 is 5.69 Å². The first-order chi connectivity index (χ1) is 7.74. The van der Waals surface area contributed by atoms with Crippen LogP contribution in [0.3, 0.4) is 0 Å². The summed E-state index contributed by atoms with van der Waals surface area (Å²) < 4.78 is 0. The minimum atomic E-state index is 0.602. The average molecular weight is 219 g/mol. The van der Waals surface area contributed by atoms with Crippen molar-refractivity contribution in [3.63, 3.8) is 0 Å². The molecule has 1 aliphatic heterocycles. The molecule has 16 heavy (non-hydrogen) atoms. The van der Waals surface area contributed by atoms with Gasteiger partial charge in [-0.15, -0.1) is 0 Å². The first-order valence-electron chi connectivity index (χ1n) is 6.59. The molecule has 0 fully saturated rings. The Labute approximate surface area is 100 Å². The second-order valence-electron chi connectivity index (χ2n) is 4.38. The van der Waals surface area contributed by atoms with Crippen LogP contribution >= 0.6 is 0 Å². The van der Waals surface area contributed by atoms with Crippen molar-refractivity contribution < 1.29 is 0 Å². The van der Waals surface area contributed by atoms with E-state index in [2.05, 4.69) is 50.4 Å². The number of para-hydroxylation sites is 1. The SMILES string of the molecule is CC.CCC1C(C)Nc2ccccc2C1C. The number of anilines is 1. The summed E-state index contributed by atoms with van der Waals surface area (Å²) in [4.78, 5) is 0. The molecule has 0 radical (unpaired) electrons. The lowest BCUT2D eigenvalue weighted by molar-refractivity contribution is 0.374. The van der Waals surface area contributed by atoms with Gasteiger partial charge >= 0.3 is 0 Å². The zero-order valence-corrected chi connectivity index (χ0v) is 11.2. The second-order valence-corrected chi connectivity index (χ2v) is 4.38. The van der Waals surface area contributed by atoms with E-state index in [9.17, 15) is 0 Å². The maximum Gasteiger partial charge on any atom is 0.0377 e. The van der Waals surface area contributed by atoms with Crippen LogP contribution in [0.15, 0.2) is 24.3 Å². The molecule has 0 saturated carbocycles. The third-order valence-electron chi connectivity index (χ3n) is 3.59. The number of fused-ring (bicyclic) bond motifs is 1. The maximum absolute atomic E-state index is 3.59. The Bertz CT molecular complexity index is 319. The summed E-state index contributed by atoms with van der Waals surface area (Å²) in [5.41, 5.74) is 2.81. The zero-order valence-electron chi connectivity index (χ0n) is 11.2. The van der Waals surface area contributed by atoms with Crippen LogP contribution in [0.5, 0.6) is 0 Å². The van der Waals surface area contributed by atoms with Crippen molar-refractivity contribution in [2.24, 2.45) is 5.92 Å². The molecule has 0 aliphatic carbocycles. The third-order valence-corrected chi connectivity index (χ3v) is 3.59. The predicted molar refractivity (Wildman–Crippen MR) is 73.1 cm³/mol. The molecule has 1 N–H and O–H groups in total. The Morgan fingerprint density at radius 3 is 2.38 bits per heavy atom. The molecule has 3 unspecified atom stereocenters. The van der Waals surface area contributed by atoms with Gasteiger partial charge in [0.2, 0.25) is 0 Å². The van der Waals surface area contributed by atoms with Crippen LogP contribution < -0.4 is 5.32 Å². The van der Waals surface area contributed by atoms with Crippen LogP contribution in [-0.4, -0.2) is 6.04 Å². The normalized spacial score (nSPS) is 27.2. The Morgan fingerprint density at radius 2 is 1.75 bits per heavy atom. The molecular weight excluding hydrogens is 194 g/mol. The molecule has 0 aromatic heterocycles. The highest BCUT2D eigenvalue weighted by molar-refractivity contribution is 5.55. The smallest absolute Gasteiger partial charge is 0.0377 e. The highest BCUT2D eigenvalue weighted by Crippen LogP contribution is 2.39. The molecule has 90 valence electrons. The number of nitrogens with one attached hydrogen (secondary N) is 1. The van der Waals surface area contributed by atoms with Gasteiger partial charge in [0.25, 0.3) is 0 Å². The lowest BCUT2D eigenvalue weighted by atomic mass is 9.78. The zero-order chi connectivity index (χ0) is 12.1. The van der Waals surface area contributed by atoms with Gasteiger partial charge in [0.05, 0.1) is 0 Å². The van der Waals surface area contributed by atoms with E-state index in [1.807, 2.05) is 13.8 Å². The van der Waals surface area contributed by atoms with E-state index in [0.717, 1.165) is 5.92 Å². The molecular formula is C15H25N. The Hall–Kier alpha value is -0.980.